The van der Waals surface area contributed by atoms with Gasteiger partial charge in [0.15, 0.2) is 0 Å². The van der Waals surface area contributed by atoms with Crippen LogP contribution in [0, 0.1) is 5.92 Å². The van der Waals surface area contributed by atoms with E-state index in [0.717, 1.165) is 32.4 Å². The Morgan fingerprint density at radius 3 is 2.35 bits per heavy atom. The highest BCUT2D eigenvalue weighted by molar-refractivity contribution is 7.89. The van der Waals surface area contributed by atoms with Gasteiger partial charge in [-0.3, -0.25) is 4.79 Å². The second-order valence-corrected chi connectivity index (χ2v) is 8.64. The van der Waals surface area contributed by atoms with Crippen LogP contribution in [0.2, 0.25) is 0 Å². The van der Waals surface area contributed by atoms with Crippen molar-refractivity contribution in [2.45, 2.75) is 44.4 Å². The summed E-state index contributed by atoms with van der Waals surface area (Å²) < 4.78 is 32.4. The van der Waals surface area contributed by atoms with Crippen LogP contribution in [-0.4, -0.2) is 56.8 Å². The van der Waals surface area contributed by atoms with Crippen molar-refractivity contribution in [3.63, 3.8) is 0 Å². The summed E-state index contributed by atoms with van der Waals surface area (Å²) in [5.41, 5.74) is 0. The molecule has 0 spiro atoms. The smallest absolute Gasteiger partial charge is 0.243 e. The average Bonchev–Trinajstić information content (AvgIpc) is 2.67. The van der Waals surface area contributed by atoms with Crippen LogP contribution in [0.15, 0.2) is 29.2 Å². The van der Waals surface area contributed by atoms with Crippen LogP contribution in [-0.2, 0) is 14.8 Å². The normalized spacial score (nSPS) is 18.5. The lowest BCUT2D eigenvalue weighted by Gasteiger charge is -2.34. The Kier molecular flexibility index (Phi) is 7.46. The number of rotatable bonds is 8. The third-order valence-corrected chi connectivity index (χ3v) is 6.61. The van der Waals surface area contributed by atoms with Crippen LogP contribution in [0.25, 0.3) is 0 Å². The first kappa shape index (κ1) is 20.7. The van der Waals surface area contributed by atoms with Crippen molar-refractivity contribution in [2.75, 3.05) is 33.3 Å². The Morgan fingerprint density at radius 1 is 1.19 bits per heavy atom. The summed E-state index contributed by atoms with van der Waals surface area (Å²) >= 11 is 0. The molecule has 2 rings (SSSR count). The predicted molar refractivity (Wildman–Crippen MR) is 102 cm³/mol. The summed E-state index contributed by atoms with van der Waals surface area (Å²) in [4.78, 5) is 15.0. The second kappa shape index (κ2) is 9.37. The minimum Gasteiger partial charge on any atom is -0.497 e. The first-order chi connectivity index (χ1) is 12.4. The van der Waals surface area contributed by atoms with Gasteiger partial charge in [0.25, 0.3) is 0 Å². The molecule has 1 amide bonds. The van der Waals surface area contributed by atoms with Crippen LogP contribution >= 0.6 is 0 Å². The highest BCUT2D eigenvalue weighted by atomic mass is 32.2. The molecule has 1 atom stereocenters. The number of ether oxygens (including phenoxy) is 1. The van der Waals surface area contributed by atoms with Crippen LogP contribution < -0.4 is 4.74 Å². The minimum atomic E-state index is -3.60. The number of carbonyl (C=O) groups is 1. The summed E-state index contributed by atoms with van der Waals surface area (Å²) in [6, 6.07) is 6.40. The van der Waals surface area contributed by atoms with E-state index in [2.05, 4.69) is 13.8 Å². The average molecular weight is 383 g/mol. The molecule has 1 fully saturated rings. The molecule has 1 aliphatic rings. The highest BCUT2D eigenvalue weighted by Crippen LogP contribution is 2.26. The number of nitrogens with zero attached hydrogens (tertiary/aromatic N) is 2. The lowest BCUT2D eigenvalue weighted by atomic mass is 9.98. The summed E-state index contributed by atoms with van der Waals surface area (Å²) in [5.74, 6) is 0.448. The standard InChI is InChI=1S/C19H30N2O4S/c1-4-12-20(13-5-2)19(22)16-7-6-14-21(15-16)26(23,24)18-10-8-17(25-3)9-11-18/h8-11,16H,4-7,12-15H2,1-3H3. The number of sulfonamides is 1. The molecule has 1 heterocycles. The monoisotopic (exact) mass is 382 g/mol. The molecule has 0 N–H and O–H groups in total. The number of benzene rings is 1. The predicted octanol–water partition coefficient (Wildman–Crippen LogP) is 2.74. The maximum absolute atomic E-state index is 12.9. The summed E-state index contributed by atoms with van der Waals surface area (Å²) in [6.07, 6.45) is 3.27. The summed E-state index contributed by atoms with van der Waals surface area (Å²) in [5, 5.41) is 0. The van der Waals surface area contributed by atoms with E-state index >= 15 is 0 Å². The second-order valence-electron chi connectivity index (χ2n) is 6.70. The molecule has 0 aliphatic carbocycles. The van der Waals surface area contributed by atoms with Crippen molar-refractivity contribution in [2.24, 2.45) is 5.92 Å². The number of methoxy groups -OCH3 is 1. The fourth-order valence-electron chi connectivity index (χ4n) is 3.39. The minimum absolute atomic E-state index is 0.0864. The molecule has 1 saturated heterocycles. The Labute approximate surface area is 157 Å². The van der Waals surface area contributed by atoms with E-state index < -0.39 is 10.0 Å². The van der Waals surface area contributed by atoms with Crippen molar-refractivity contribution < 1.29 is 17.9 Å². The van der Waals surface area contributed by atoms with E-state index in [-0.39, 0.29) is 23.3 Å². The molecule has 0 saturated carbocycles. The SMILES string of the molecule is CCCN(CCC)C(=O)C1CCCN(S(=O)(=O)c2ccc(OC)cc2)C1. The van der Waals surface area contributed by atoms with E-state index in [9.17, 15) is 13.2 Å². The van der Waals surface area contributed by atoms with Gasteiger partial charge in [0, 0.05) is 26.2 Å². The van der Waals surface area contributed by atoms with Gasteiger partial charge in [-0.1, -0.05) is 13.8 Å². The van der Waals surface area contributed by atoms with Crippen LogP contribution in [0.4, 0.5) is 0 Å². The molecule has 0 radical (unpaired) electrons. The fourth-order valence-corrected chi connectivity index (χ4v) is 4.91. The van der Waals surface area contributed by atoms with E-state index in [1.54, 1.807) is 31.4 Å². The molecular formula is C19H30N2O4S. The van der Waals surface area contributed by atoms with Gasteiger partial charge in [-0.2, -0.15) is 4.31 Å². The van der Waals surface area contributed by atoms with Crippen LogP contribution in [0.5, 0.6) is 5.75 Å². The van der Waals surface area contributed by atoms with Crippen LogP contribution in [0.1, 0.15) is 39.5 Å². The maximum Gasteiger partial charge on any atom is 0.243 e. The number of carbonyl (C=O) groups excluding carboxylic acids is 1. The number of amides is 1. The number of piperidine rings is 1. The topological polar surface area (TPSA) is 66.9 Å². The van der Waals surface area contributed by atoms with Gasteiger partial charge in [0.1, 0.15) is 5.75 Å². The van der Waals surface area contributed by atoms with Gasteiger partial charge in [0.2, 0.25) is 15.9 Å². The molecule has 26 heavy (non-hydrogen) atoms. The third-order valence-electron chi connectivity index (χ3n) is 4.73. The number of hydrogen-bond acceptors (Lipinski definition) is 4. The van der Waals surface area contributed by atoms with E-state index in [1.165, 1.54) is 4.31 Å². The van der Waals surface area contributed by atoms with Gasteiger partial charge in [-0.25, -0.2) is 8.42 Å². The van der Waals surface area contributed by atoms with E-state index in [4.69, 9.17) is 4.74 Å². The Morgan fingerprint density at radius 2 is 1.81 bits per heavy atom. The van der Waals surface area contributed by atoms with Gasteiger partial charge >= 0.3 is 0 Å². The lowest BCUT2D eigenvalue weighted by Crippen LogP contribution is -2.47. The fraction of sp³-hybridized carbons (Fsp3) is 0.632. The van der Waals surface area contributed by atoms with Crippen molar-refractivity contribution in [1.29, 1.82) is 0 Å². The molecule has 1 unspecified atom stereocenters. The quantitative estimate of drug-likeness (QED) is 0.693. The zero-order valence-corrected chi connectivity index (χ0v) is 16.8. The summed E-state index contributed by atoms with van der Waals surface area (Å²) in [6.45, 7) is 6.29. The van der Waals surface area contributed by atoms with Gasteiger partial charge in [-0.15, -0.1) is 0 Å². The lowest BCUT2D eigenvalue weighted by molar-refractivity contribution is -0.136. The van der Waals surface area contributed by atoms with Gasteiger partial charge in [0.05, 0.1) is 17.9 Å². The molecule has 1 aromatic rings. The first-order valence-electron chi connectivity index (χ1n) is 9.37. The van der Waals surface area contributed by atoms with Crippen molar-refractivity contribution in [3.8, 4) is 5.75 Å². The third kappa shape index (κ3) is 4.76. The Bertz CT molecular complexity index is 682. The molecule has 1 aromatic carbocycles. The Hall–Kier alpha value is -1.60. The molecule has 0 aromatic heterocycles. The van der Waals surface area contributed by atoms with Crippen molar-refractivity contribution in [3.05, 3.63) is 24.3 Å². The molecule has 146 valence electrons. The van der Waals surface area contributed by atoms with E-state index in [1.807, 2.05) is 4.90 Å². The van der Waals surface area contributed by atoms with Crippen LogP contribution in [0.3, 0.4) is 0 Å². The van der Waals surface area contributed by atoms with Gasteiger partial charge in [-0.05, 0) is 49.9 Å². The largest absolute Gasteiger partial charge is 0.497 e. The Balaban J connectivity index is 2.14. The molecular weight excluding hydrogens is 352 g/mol. The molecule has 0 bridgehead atoms. The van der Waals surface area contributed by atoms with Crippen molar-refractivity contribution in [1.82, 2.24) is 9.21 Å². The van der Waals surface area contributed by atoms with Crippen molar-refractivity contribution >= 4 is 15.9 Å². The van der Waals surface area contributed by atoms with E-state index in [0.29, 0.717) is 18.7 Å². The molecule has 1 aliphatic heterocycles. The molecule has 6 nitrogen and oxygen atoms in total. The highest BCUT2D eigenvalue weighted by Gasteiger charge is 2.34. The number of hydrogen-bond donors (Lipinski definition) is 0. The first-order valence-corrected chi connectivity index (χ1v) is 10.8. The summed E-state index contributed by atoms with van der Waals surface area (Å²) in [7, 11) is -2.05. The maximum atomic E-state index is 12.9. The van der Waals surface area contributed by atoms with Gasteiger partial charge < -0.3 is 9.64 Å². The molecule has 7 heteroatoms. The zero-order valence-electron chi connectivity index (χ0n) is 16.0. The zero-order chi connectivity index (χ0) is 19.2.